The Balaban J connectivity index is 1.73. The monoisotopic (exact) mass is 436 g/mol. The molecule has 0 amide bonds. The molecular formula is C25H40O6. The van der Waals surface area contributed by atoms with Gasteiger partial charge in [-0.15, -0.1) is 0 Å². The van der Waals surface area contributed by atoms with Crippen LogP contribution in [0.2, 0.25) is 0 Å². The van der Waals surface area contributed by atoms with Crippen molar-refractivity contribution >= 4 is 17.9 Å². The average Bonchev–Trinajstić information content (AvgIpc) is 3.24. The van der Waals surface area contributed by atoms with Gasteiger partial charge in [-0.05, 0) is 57.3 Å². The SMILES string of the molecule is CCC(C)(C)C(C)(CC(C)(C)C)C(=O)OC(C)(C)C(=O)OC1C2CC3C(=O)OC1C3C2. The molecule has 0 aromatic carbocycles. The summed E-state index contributed by atoms with van der Waals surface area (Å²) < 4.78 is 17.2. The number of rotatable bonds is 7. The predicted molar refractivity (Wildman–Crippen MR) is 116 cm³/mol. The topological polar surface area (TPSA) is 78.9 Å². The molecule has 6 unspecified atom stereocenters. The molecule has 0 radical (unpaired) electrons. The summed E-state index contributed by atoms with van der Waals surface area (Å²) in [5, 5.41) is 0. The second-order valence-corrected chi connectivity index (χ2v) is 12.5. The van der Waals surface area contributed by atoms with Gasteiger partial charge in [-0.2, -0.15) is 0 Å². The molecular weight excluding hydrogens is 396 g/mol. The van der Waals surface area contributed by atoms with Gasteiger partial charge in [-0.1, -0.05) is 41.5 Å². The van der Waals surface area contributed by atoms with Gasteiger partial charge < -0.3 is 14.2 Å². The van der Waals surface area contributed by atoms with Crippen LogP contribution in [0, 0.1) is 34.0 Å². The standard InChI is InChI=1S/C25H40O6/c1-10-23(5,6)25(9,13-22(2,3)4)21(28)31-24(7,8)20(27)30-17-14-11-15-16(12-14)19(26)29-18(15)17/h14-18H,10-13H2,1-9H3. The lowest BCUT2D eigenvalue weighted by molar-refractivity contribution is -0.197. The number of carbonyl (C=O) groups is 3. The second kappa shape index (κ2) is 7.48. The summed E-state index contributed by atoms with van der Waals surface area (Å²) in [6.45, 7) is 17.6. The molecule has 3 aliphatic rings. The second-order valence-electron chi connectivity index (χ2n) is 12.5. The zero-order chi connectivity index (χ0) is 23.6. The van der Waals surface area contributed by atoms with Crippen LogP contribution < -0.4 is 0 Å². The largest absolute Gasteiger partial charge is 0.458 e. The van der Waals surface area contributed by atoms with Crippen LogP contribution in [0.4, 0.5) is 0 Å². The number of hydrogen-bond donors (Lipinski definition) is 0. The maximum atomic E-state index is 13.5. The van der Waals surface area contributed by atoms with Gasteiger partial charge >= 0.3 is 17.9 Å². The van der Waals surface area contributed by atoms with Gasteiger partial charge in [0.05, 0.1) is 11.3 Å². The van der Waals surface area contributed by atoms with Crippen LogP contribution in [0.25, 0.3) is 0 Å². The molecule has 3 fully saturated rings. The third kappa shape index (κ3) is 4.11. The zero-order valence-electron chi connectivity index (χ0n) is 20.7. The number of fused-ring (bicyclic) bond motifs is 1. The van der Waals surface area contributed by atoms with Crippen molar-refractivity contribution in [2.24, 2.45) is 34.0 Å². The highest BCUT2D eigenvalue weighted by atomic mass is 16.6. The molecule has 3 rings (SSSR count). The van der Waals surface area contributed by atoms with E-state index in [9.17, 15) is 14.4 Å². The molecule has 31 heavy (non-hydrogen) atoms. The normalized spacial score (nSPS) is 31.9. The summed E-state index contributed by atoms with van der Waals surface area (Å²) in [5.74, 6) is -0.859. The Morgan fingerprint density at radius 3 is 2.16 bits per heavy atom. The molecule has 6 heteroatoms. The van der Waals surface area contributed by atoms with Crippen molar-refractivity contribution in [2.45, 2.75) is 106 Å². The van der Waals surface area contributed by atoms with Gasteiger partial charge in [0, 0.05) is 11.8 Å². The predicted octanol–water partition coefficient (Wildman–Crippen LogP) is 4.68. The van der Waals surface area contributed by atoms with E-state index in [-0.39, 0.29) is 46.6 Å². The van der Waals surface area contributed by atoms with Gasteiger partial charge in [-0.3, -0.25) is 9.59 Å². The first-order valence-corrected chi connectivity index (χ1v) is 11.7. The Kier molecular flexibility index (Phi) is 5.81. The third-order valence-electron chi connectivity index (χ3n) is 8.21. The molecule has 2 bridgehead atoms. The molecule has 1 heterocycles. The lowest BCUT2D eigenvalue weighted by Gasteiger charge is -2.46. The summed E-state index contributed by atoms with van der Waals surface area (Å²) >= 11 is 0. The van der Waals surface area contributed by atoms with Crippen molar-refractivity contribution in [3.63, 3.8) is 0 Å². The Bertz CT molecular complexity index is 760. The molecule has 1 aliphatic heterocycles. The van der Waals surface area contributed by atoms with Crippen LogP contribution in [0.3, 0.4) is 0 Å². The fourth-order valence-electron chi connectivity index (χ4n) is 5.75. The van der Waals surface area contributed by atoms with Gasteiger partial charge in [0.1, 0.15) is 12.2 Å². The summed E-state index contributed by atoms with van der Waals surface area (Å²) in [5.41, 5.74) is -2.59. The Hall–Kier alpha value is -1.59. The van der Waals surface area contributed by atoms with Crippen LogP contribution in [0.5, 0.6) is 0 Å². The van der Waals surface area contributed by atoms with E-state index >= 15 is 0 Å². The van der Waals surface area contributed by atoms with E-state index in [1.807, 2.05) is 6.92 Å². The number of ether oxygens (including phenoxy) is 3. The maximum absolute atomic E-state index is 13.5. The minimum atomic E-state index is -1.43. The molecule has 1 saturated heterocycles. The highest BCUT2D eigenvalue weighted by Gasteiger charge is 2.64. The Morgan fingerprint density at radius 1 is 1.00 bits per heavy atom. The lowest BCUT2D eigenvalue weighted by Crippen LogP contribution is -2.51. The first-order valence-electron chi connectivity index (χ1n) is 11.7. The molecule has 2 aliphatic carbocycles. The number of hydrogen-bond acceptors (Lipinski definition) is 6. The van der Waals surface area contributed by atoms with E-state index in [1.165, 1.54) is 0 Å². The zero-order valence-corrected chi connectivity index (χ0v) is 20.7. The van der Waals surface area contributed by atoms with Gasteiger partial charge in [0.15, 0.2) is 0 Å². The van der Waals surface area contributed by atoms with Gasteiger partial charge in [0.2, 0.25) is 5.60 Å². The minimum Gasteiger partial charge on any atom is -0.458 e. The molecule has 2 saturated carbocycles. The van der Waals surface area contributed by atoms with Crippen LogP contribution in [-0.4, -0.2) is 35.7 Å². The average molecular weight is 437 g/mol. The fraction of sp³-hybridized carbons (Fsp3) is 0.880. The molecule has 0 aromatic heterocycles. The van der Waals surface area contributed by atoms with Crippen molar-refractivity contribution in [1.29, 1.82) is 0 Å². The summed E-state index contributed by atoms with van der Waals surface area (Å²) in [7, 11) is 0. The van der Waals surface area contributed by atoms with Crippen molar-refractivity contribution in [3.8, 4) is 0 Å². The van der Waals surface area contributed by atoms with Gasteiger partial charge in [0.25, 0.3) is 0 Å². The van der Waals surface area contributed by atoms with Crippen LogP contribution in [0.15, 0.2) is 0 Å². The number of carbonyl (C=O) groups excluding carboxylic acids is 3. The molecule has 0 spiro atoms. The van der Waals surface area contributed by atoms with Gasteiger partial charge in [-0.25, -0.2) is 4.79 Å². The highest BCUT2D eigenvalue weighted by Crippen LogP contribution is 2.55. The van der Waals surface area contributed by atoms with E-state index in [0.29, 0.717) is 12.8 Å². The minimum absolute atomic E-state index is 0.0369. The lowest BCUT2D eigenvalue weighted by atomic mass is 9.59. The summed E-state index contributed by atoms with van der Waals surface area (Å²) in [6, 6.07) is 0. The number of esters is 3. The Labute approximate surface area is 186 Å². The quantitative estimate of drug-likeness (QED) is 0.426. The summed E-state index contributed by atoms with van der Waals surface area (Å²) in [6.07, 6.45) is 2.22. The van der Waals surface area contributed by atoms with Crippen molar-refractivity contribution in [1.82, 2.24) is 0 Å². The molecule has 176 valence electrons. The smallest absolute Gasteiger partial charge is 0.350 e. The highest BCUT2D eigenvalue weighted by molar-refractivity contribution is 5.85. The fourth-order valence-corrected chi connectivity index (χ4v) is 5.75. The van der Waals surface area contributed by atoms with Crippen LogP contribution in [0.1, 0.15) is 88.0 Å². The van der Waals surface area contributed by atoms with E-state index in [4.69, 9.17) is 14.2 Å². The maximum Gasteiger partial charge on any atom is 0.350 e. The first-order chi connectivity index (χ1) is 14.0. The third-order valence-corrected chi connectivity index (χ3v) is 8.21. The van der Waals surface area contributed by atoms with E-state index in [1.54, 1.807) is 13.8 Å². The molecule has 0 N–H and O–H groups in total. The van der Waals surface area contributed by atoms with Crippen LogP contribution in [-0.2, 0) is 28.6 Å². The first kappa shape index (κ1) is 24.1. The van der Waals surface area contributed by atoms with Crippen molar-refractivity contribution in [3.05, 3.63) is 0 Å². The molecule has 0 aromatic rings. The van der Waals surface area contributed by atoms with Crippen LogP contribution >= 0.6 is 0 Å². The van der Waals surface area contributed by atoms with E-state index in [0.717, 1.165) is 12.8 Å². The Morgan fingerprint density at radius 2 is 1.61 bits per heavy atom. The molecule has 6 nitrogen and oxygen atoms in total. The van der Waals surface area contributed by atoms with E-state index < -0.39 is 23.1 Å². The van der Waals surface area contributed by atoms with Crippen molar-refractivity contribution < 1.29 is 28.6 Å². The molecule has 6 atom stereocenters. The van der Waals surface area contributed by atoms with E-state index in [2.05, 4.69) is 41.5 Å². The summed E-state index contributed by atoms with van der Waals surface area (Å²) in [4.78, 5) is 38.6. The van der Waals surface area contributed by atoms with Crippen molar-refractivity contribution in [2.75, 3.05) is 0 Å².